The van der Waals surface area contributed by atoms with Crippen LogP contribution in [0.5, 0.6) is 5.75 Å². The molecule has 160 valence electrons. The minimum atomic E-state index is -0.568. The molecule has 7 heteroatoms. The van der Waals surface area contributed by atoms with Crippen molar-refractivity contribution in [2.24, 2.45) is 0 Å². The van der Waals surface area contributed by atoms with Crippen LogP contribution in [0.3, 0.4) is 0 Å². The fourth-order valence-corrected chi connectivity index (χ4v) is 2.95. The molecule has 0 spiro atoms. The largest absolute Gasteiger partial charge is 0.483 e. The van der Waals surface area contributed by atoms with Gasteiger partial charge in [0, 0.05) is 22.0 Å². The standard InChI is InChI=1S/C25H20ClN3O3/c1-17-7-10-22(11-8-17)28-24(30)16-32-23-12-9-20(26)14-18(23)13-19(15-27)25(31)29-21-5-3-2-4-6-21/h2-14H,16H2,1H3,(H,28,30)(H,29,31)/b19-13+. The van der Waals surface area contributed by atoms with Gasteiger partial charge in [-0.05, 0) is 55.5 Å². The average molecular weight is 446 g/mol. The van der Waals surface area contributed by atoms with Crippen LogP contribution in [0.1, 0.15) is 11.1 Å². The molecule has 0 aliphatic carbocycles. The summed E-state index contributed by atoms with van der Waals surface area (Å²) in [4.78, 5) is 24.7. The van der Waals surface area contributed by atoms with Gasteiger partial charge >= 0.3 is 0 Å². The van der Waals surface area contributed by atoms with Crippen molar-refractivity contribution >= 4 is 40.9 Å². The van der Waals surface area contributed by atoms with Gasteiger partial charge in [0.05, 0.1) is 0 Å². The number of rotatable bonds is 7. The van der Waals surface area contributed by atoms with Gasteiger partial charge in [-0.15, -0.1) is 0 Å². The van der Waals surface area contributed by atoms with Gasteiger partial charge in [0.25, 0.3) is 11.8 Å². The maximum atomic E-state index is 12.5. The highest BCUT2D eigenvalue weighted by Gasteiger charge is 2.13. The average Bonchev–Trinajstić information content (AvgIpc) is 2.79. The number of aryl methyl sites for hydroxylation is 1. The second-order valence-corrected chi connectivity index (χ2v) is 7.31. The third-order valence-corrected chi connectivity index (χ3v) is 4.60. The van der Waals surface area contributed by atoms with Gasteiger partial charge in [-0.1, -0.05) is 47.5 Å². The molecule has 0 heterocycles. The van der Waals surface area contributed by atoms with Gasteiger partial charge in [-0.2, -0.15) is 5.26 Å². The number of anilines is 2. The fraction of sp³-hybridized carbons (Fsp3) is 0.0800. The summed E-state index contributed by atoms with van der Waals surface area (Å²) in [5.41, 5.74) is 2.57. The Labute approximate surface area is 191 Å². The number of amides is 2. The molecule has 0 aliphatic rings. The van der Waals surface area contributed by atoms with Gasteiger partial charge < -0.3 is 15.4 Å². The Kier molecular flexibility index (Phi) is 7.63. The van der Waals surface area contributed by atoms with Crippen molar-refractivity contribution in [3.63, 3.8) is 0 Å². The van der Waals surface area contributed by atoms with Gasteiger partial charge in [-0.25, -0.2) is 0 Å². The van der Waals surface area contributed by atoms with Crippen LogP contribution in [0, 0.1) is 18.3 Å². The van der Waals surface area contributed by atoms with Crippen LogP contribution in [-0.4, -0.2) is 18.4 Å². The topological polar surface area (TPSA) is 91.2 Å². The molecule has 0 radical (unpaired) electrons. The number of nitrogens with one attached hydrogen (secondary N) is 2. The van der Waals surface area contributed by atoms with E-state index in [4.69, 9.17) is 16.3 Å². The fourth-order valence-electron chi connectivity index (χ4n) is 2.76. The van der Waals surface area contributed by atoms with Gasteiger partial charge in [0.2, 0.25) is 0 Å². The number of ether oxygens (including phenoxy) is 1. The highest BCUT2D eigenvalue weighted by atomic mass is 35.5. The Morgan fingerprint density at radius 2 is 1.69 bits per heavy atom. The molecule has 0 aliphatic heterocycles. The van der Waals surface area contributed by atoms with Crippen LogP contribution in [0.25, 0.3) is 6.08 Å². The minimum Gasteiger partial charge on any atom is -0.483 e. The maximum absolute atomic E-state index is 12.5. The normalized spacial score (nSPS) is 10.7. The summed E-state index contributed by atoms with van der Waals surface area (Å²) in [5, 5.41) is 15.3. The molecule has 3 aromatic rings. The van der Waals surface area contributed by atoms with Crippen molar-refractivity contribution in [3.05, 3.63) is 94.5 Å². The van der Waals surface area contributed by atoms with Crippen molar-refractivity contribution in [1.29, 1.82) is 5.26 Å². The van der Waals surface area contributed by atoms with Crippen molar-refractivity contribution in [3.8, 4) is 11.8 Å². The van der Waals surface area contributed by atoms with Crippen LogP contribution in [0.2, 0.25) is 5.02 Å². The van der Waals surface area contributed by atoms with E-state index in [2.05, 4.69) is 10.6 Å². The third-order valence-electron chi connectivity index (χ3n) is 4.36. The number of nitriles is 1. The number of halogens is 1. The number of nitrogens with zero attached hydrogens (tertiary/aromatic N) is 1. The quantitative estimate of drug-likeness (QED) is 0.385. The first kappa shape index (κ1) is 22.6. The molecular formula is C25H20ClN3O3. The molecule has 0 aromatic heterocycles. The van der Waals surface area contributed by atoms with Gasteiger partial charge in [-0.3, -0.25) is 9.59 Å². The zero-order valence-corrected chi connectivity index (χ0v) is 18.0. The summed E-state index contributed by atoms with van der Waals surface area (Å²) < 4.78 is 5.64. The van der Waals surface area contributed by atoms with E-state index < -0.39 is 5.91 Å². The molecule has 2 amide bonds. The molecule has 0 fully saturated rings. The number of hydrogen-bond donors (Lipinski definition) is 2. The van der Waals surface area contributed by atoms with Crippen LogP contribution >= 0.6 is 11.6 Å². The summed E-state index contributed by atoms with van der Waals surface area (Å²) >= 11 is 6.09. The van der Waals surface area contributed by atoms with Crippen molar-refractivity contribution in [2.75, 3.05) is 17.2 Å². The Hall–Kier alpha value is -4.08. The molecule has 32 heavy (non-hydrogen) atoms. The molecular weight excluding hydrogens is 426 g/mol. The molecule has 0 bridgehead atoms. The summed E-state index contributed by atoms with van der Waals surface area (Å²) in [6.07, 6.45) is 1.37. The SMILES string of the molecule is Cc1ccc(NC(=O)COc2ccc(Cl)cc2/C=C(\C#N)C(=O)Nc2ccccc2)cc1. The highest BCUT2D eigenvalue weighted by molar-refractivity contribution is 6.30. The van der Waals surface area contributed by atoms with Crippen molar-refractivity contribution in [2.45, 2.75) is 6.92 Å². The maximum Gasteiger partial charge on any atom is 0.266 e. The molecule has 3 rings (SSSR count). The Bertz CT molecular complexity index is 1180. The predicted molar refractivity (Wildman–Crippen MR) is 125 cm³/mol. The first-order valence-electron chi connectivity index (χ1n) is 9.71. The smallest absolute Gasteiger partial charge is 0.266 e. The Balaban J connectivity index is 1.73. The van der Waals surface area contributed by atoms with Crippen LogP contribution in [-0.2, 0) is 9.59 Å². The van der Waals surface area contributed by atoms with Crippen LogP contribution < -0.4 is 15.4 Å². The van der Waals surface area contributed by atoms with E-state index in [1.54, 1.807) is 54.6 Å². The second kappa shape index (κ2) is 10.8. The van der Waals surface area contributed by atoms with Crippen molar-refractivity contribution in [1.82, 2.24) is 0 Å². The number of hydrogen-bond acceptors (Lipinski definition) is 4. The molecule has 0 saturated carbocycles. The minimum absolute atomic E-state index is 0.134. The summed E-state index contributed by atoms with van der Waals surface area (Å²) in [5.74, 6) is -0.600. The lowest BCUT2D eigenvalue weighted by molar-refractivity contribution is -0.118. The molecule has 0 saturated heterocycles. The van der Waals surface area contributed by atoms with E-state index >= 15 is 0 Å². The van der Waals surface area contributed by atoms with Crippen LogP contribution in [0.15, 0.2) is 78.4 Å². The Morgan fingerprint density at radius 1 is 1.00 bits per heavy atom. The molecule has 0 unspecified atom stereocenters. The Morgan fingerprint density at radius 3 is 2.38 bits per heavy atom. The summed E-state index contributed by atoms with van der Waals surface area (Å²) in [7, 11) is 0. The van der Waals surface area contributed by atoms with Crippen molar-refractivity contribution < 1.29 is 14.3 Å². The lowest BCUT2D eigenvalue weighted by atomic mass is 10.1. The lowest BCUT2D eigenvalue weighted by Crippen LogP contribution is -2.20. The first-order chi connectivity index (χ1) is 15.4. The highest BCUT2D eigenvalue weighted by Crippen LogP contribution is 2.26. The van der Waals surface area contributed by atoms with E-state index in [-0.39, 0.29) is 18.1 Å². The zero-order chi connectivity index (χ0) is 22.9. The van der Waals surface area contributed by atoms with E-state index in [0.717, 1.165) is 5.56 Å². The van der Waals surface area contributed by atoms with E-state index in [1.807, 2.05) is 31.2 Å². The number of para-hydroxylation sites is 1. The molecule has 6 nitrogen and oxygen atoms in total. The van der Waals surface area contributed by atoms with Gasteiger partial charge in [0.15, 0.2) is 6.61 Å². The predicted octanol–water partition coefficient (Wildman–Crippen LogP) is 5.21. The second-order valence-electron chi connectivity index (χ2n) is 6.87. The molecule has 2 N–H and O–H groups in total. The van der Waals surface area contributed by atoms with Gasteiger partial charge in [0.1, 0.15) is 17.4 Å². The monoisotopic (exact) mass is 445 g/mol. The van der Waals surface area contributed by atoms with Crippen LogP contribution in [0.4, 0.5) is 11.4 Å². The van der Waals surface area contributed by atoms with E-state index in [1.165, 1.54) is 6.08 Å². The molecule has 0 atom stereocenters. The molecule has 3 aromatic carbocycles. The lowest BCUT2D eigenvalue weighted by Gasteiger charge is -2.11. The van der Waals surface area contributed by atoms with E-state index in [0.29, 0.717) is 27.7 Å². The first-order valence-corrected chi connectivity index (χ1v) is 10.1. The number of carbonyl (C=O) groups excluding carboxylic acids is 2. The zero-order valence-electron chi connectivity index (χ0n) is 17.3. The summed E-state index contributed by atoms with van der Waals surface area (Å²) in [6, 6.07) is 22.8. The number of benzene rings is 3. The summed E-state index contributed by atoms with van der Waals surface area (Å²) in [6.45, 7) is 1.70. The number of carbonyl (C=O) groups is 2. The van der Waals surface area contributed by atoms with E-state index in [9.17, 15) is 14.9 Å². The third kappa shape index (κ3) is 6.46.